The third-order valence-corrected chi connectivity index (χ3v) is 2.98. The summed E-state index contributed by atoms with van der Waals surface area (Å²) in [4.78, 5) is 21.7. The highest BCUT2D eigenvalue weighted by Crippen LogP contribution is 2.09. The second kappa shape index (κ2) is 6.33. The Morgan fingerprint density at radius 1 is 1.53 bits per heavy atom. The fourth-order valence-corrected chi connectivity index (χ4v) is 2.10. The van der Waals surface area contributed by atoms with Crippen molar-refractivity contribution in [2.75, 3.05) is 12.9 Å². The van der Waals surface area contributed by atoms with Crippen LogP contribution in [0.25, 0.3) is 0 Å². The van der Waals surface area contributed by atoms with E-state index in [-0.39, 0.29) is 0 Å². The Kier molecular flexibility index (Phi) is 5.80. The molecule has 0 aliphatic heterocycles. The van der Waals surface area contributed by atoms with Crippen molar-refractivity contribution < 1.29 is 27.1 Å². The number of hydrogen-bond donors (Lipinski definition) is 1. The fraction of sp³-hybridized carbons (Fsp3) is 0.556. The molecular weight excluding hydrogens is 253 g/mol. The SMILES string of the molecule is C=CC(=O)N[C@@H](CF)[C@H](OC(C)=O)S(C)(=O)=O. The smallest absolute Gasteiger partial charge is 0.304 e. The summed E-state index contributed by atoms with van der Waals surface area (Å²) in [7, 11) is -3.86. The van der Waals surface area contributed by atoms with Gasteiger partial charge in [-0.2, -0.15) is 0 Å². The fourth-order valence-electron chi connectivity index (χ4n) is 1.05. The van der Waals surface area contributed by atoms with Crippen LogP contribution in [0.15, 0.2) is 12.7 Å². The van der Waals surface area contributed by atoms with Crippen molar-refractivity contribution in [2.24, 2.45) is 0 Å². The topological polar surface area (TPSA) is 89.5 Å². The van der Waals surface area contributed by atoms with E-state index in [4.69, 9.17) is 0 Å². The molecular formula is C9H14FNO5S. The summed E-state index contributed by atoms with van der Waals surface area (Å²) in [6.45, 7) is 2.94. The molecule has 0 saturated heterocycles. The number of amides is 1. The quantitative estimate of drug-likeness (QED) is 0.520. The first-order valence-electron chi connectivity index (χ1n) is 4.57. The molecule has 0 saturated carbocycles. The van der Waals surface area contributed by atoms with Crippen molar-refractivity contribution in [2.45, 2.75) is 18.4 Å². The van der Waals surface area contributed by atoms with Gasteiger partial charge in [-0.1, -0.05) is 6.58 Å². The zero-order valence-corrected chi connectivity index (χ0v) is 10.3. The molecule has 0 spiro atoms. The molecule has 0 bridgehead atoms. The number of sulfone groups is 1. The molecule has 1 N–H and O–H groups in total. The van der Waals surface area contributed by atoms with Crippen LogP contribution in [0.2, 0.25) is 0 Å². The second-order valence-electron chi connectivity index (χ2n) is 3.28. The summed E-state index contributed by atoms with van der Waals surface area (Å²) in [6, 6.07) is -1.46. The van der Waals surface area contributed by atoms with Crippen LogP contribution >= 0.6 is 0 Å². The van der Waals surface area contributed by atoms with Crippen molar-refractivity contribution >= 4 is 21.7 Å². The molecule has 6 nitrogen and oxygen atoms in total. The summed E-state index contributed by atoms with van der Waals surface area (Å²) in [5.41, 5.74) is -1.76. The van der Waals surface area contributed by atoms with Crippen molar-refractivity contribution in [1.29, 1.82) is 0 Å². The van der Waals surface area contributed by atoms with Crippen LogP contribution in [-0.4, -0.2) is 44.7 Å². The maximum absolute atomic E-state index is 12.7. The Bertz CT molecular complexity index is 406. The summed E-state index contributed by atoms with van der Waals surface area (Å²) in [5.74, 6) is -1.64. The lowest BCUT2D eigenvalue weighted by atomic mass is 10.3. The highest BCUT2D eigenvalue weighted by atomic mass is 32.2. The Morgan fingerprint density at radius 3 is 2.35 bits per heavy atom. The van der Waals surface area contributed by atoms with Gasteiger partial charge in [-0.05, 0) is 6.08 Å². The van der Waals surface area contributed by atoms with Crippen molar-refractivity contribution in [1.82, 2.24) is 5.32 Å². The summed E-state index contributed by atoms with van der Waals surface area (Å²) < 4.78 is 39.8. The number of nitrogens with one attached hydrogen (secondary N) is 1. The van der Waals surface area contributed by atoms with Gasteiger partial charge in [-0.15, -0.1) is 0 Å². The lowest BCUT2D eigenvalue weighted by molar-refractivity contribution is -0.144. The minimum Gasteiger partial charge on any atom is -0.444 e. The molecule has 8 heteroatoms. The van der Waals surface area contributed by atoms with Gasteiger partial charge in [0.2, 0.25) is 11.3 Å². The number of ether oxygens (including phenoxy) is 1. The number of halogens is 1. The molecule has 2 atom stereocenters. The van der Waals surface area contributed by atoms with Gasteiger partial charge in [-0.3, -0.25) is 9.59 Å². The Hall–Kier alpha value is -1.44. The molecule has 0 radical (unpaired) electrons. The number of esters is 1. The number of alkyl halides is 1. The molecule has 0 rings (SSSR count). The average Bonchev–Trinajstić information content (AvgIpc) is 2.20. The molecule has 0 aromatic carbocycles. The third kappa shape index (κ3) is 5.43. The highest BCUT2D eigenvalue weighted by molar-refractivity contribution is 7.91. The van der Waals surface area contributed by atoms with E-state index in [1.54, 1.807) is 0 Å². The lowest BCUT2D eigenvalue weighted by Crippen LogP contribution is -2.49. The summed E-state index contributed by atoms with van der Waals surface area (Å²) in [6.07, 6.45) is 1.64. The number of carbonyl (C=O) groups is 2. The number of rotatable bonds is 6. The van der Waals surface area contributed by atoms with E-state index in [1.807, 2.05) is 5.32 Å². The zero-order valence-electron chi connectivity index (χ0n) is 9.47. The van der Waals surface area contributed by atoms with E-state index >= 15 is 0 Å². The van der Waals surface area contributed by atoms with Crippen molar-refractivity contribution in [3.8, 4) is 0 Å². The van der Waals surface area contributed by atoms with Gasteiger partial charge < -0.3 is 10.1 Å². The minimum atomic E-state index is -3.86. The molecule has 1 amide bonds. The van der Waals surface area contributed by atoms with E-state index in [1.165, 1.54) is 0 Å². The Labute approximate surface area is 98.7 Å². The van der Waals surface area contributed by atoms with E-state index < -0.39 is 39.9 Å². The molecule has 0 aromatic heterocycles. The summed E-state index contributed by atoms with van der Waals surface area (Å²) in [5, 5.41) is 2.04. The van der Waals surface area contributed by atoms with Crippen LogP contribution in [0.1, 0.15) is 6.92 Å². The number of hydrogen-bond acceptors (Lipinski definition) is 5. The van der Waals surface area contributed by atoms with Crippen molar-refractivity contribution in [3.63, 3.8) is 0 Å². The Morgan fingerprint density at radius 2 is 2.06 bits per heavy atom. The van der Waals surface area contributed by atoms with Gasteiger partial charge in [0.15, 0.2) is 9.84 Å². The summed E-state index contributed by atoms with van der Waals surface area (Å²) >= 11 is 0. The molecule has 0 aliphatic carbocycles. The third-order valence-electron chi connectivity index (χ3n) is 1.71. The molecule has 0 fully saturated rings. The average molecular weight is 267 g/mol. The number of carbonyl (C=O) groups excluding carboxylic acids is 2. The van der Waals surface area contributed by atoms with E-state index in [0.29, 0.717) is 0 Å². The second-order valence-corrected chi connectivity index (χ2v) is 5.40. The first-order chi connectivity index (χ1) is 7.72. The first kappa shape index (κ1) is 15.6. The van der Waals surface area contributed by atoms with Crippen LogP contribution in [0.5, 0.6) is 0 Å². The molecule has 17 heavy (non-hydrogen) atoms. The lowest BCUT2D eigenvalue weighted by Gasteiger charge is -2.23. The van der Waals surface area contributed by atoms with Gasteiger partial charge in [0, 0.05) is 13.2 Å². The van der Waals surface area contributed by atoms with E-state index in [2.05, 4.69) is 11.3 Å². The molecule has 0 aliphatic rings. The predicted octanol–water partition coefficient (Wildman–Crippen LogP) is -0.439. The van der Waals surface area contributed by atoms with Gasteiger partial charge in [-0.25, -0.2) is 12.8 Å². The van der Waals surface area contributed by atoms with Gasteiger partial charge in [0.25, 0.3) is 0 Å². The molecule has 98 valence electrons. The highest BCUT2D eigenvalue weighted by Gasteiger charge is 2.34. The monoisotopic (exact) mass is 267 g/mol. The van der Waals surface area contributed by atoms with Crippen molar-refractivity contribution in [3.05, 3.63) is 12.7 Å². The maximum Gasteiger partial charge on any atom is 0.304 e. The largest absolute Gasteiger partial charge is 0.444 e. The van der Waals surface area contributed by atoms with Gasteiger partial charge >= 0.3 is 5.97 Å². The van der Waals surface area contributed by atoms with Gasteiger partial charge in [0.05, 0.1) is 0 Å². The van der Waals surface area contributed by atoms with Crippen LogP contribution in [-0.2, 0) is 24.2 Å². The first-order valence-corrected chi connectivity index (χ1v) is 6.52. The van der Waals surface area contributed by atoms with Gasteiger partial charge in [0.1, 0.15) is 12.7 Å². The predicted molar refractivity (Wildman–Crippen MR) is 58.5 cm³/mol. The standard InChI is InChI=1S/C9H14FNO5S/c1-4-8(13)11-7(5-10)9(16-6(2)12)17(3,14)15/h4,7,9H,1,5H2,2-3H3,(H,11,13)/t7-,9+/m0/s1. The molecule has 0 heterocycles. The molecule has 0 aromatic rings. The van der Waals surface area contributed by atoms with Crippen LogP contribution in [0, 0.1) is 0 Å². The maximum atomic E-state index is 12.7. The Balaban J connectivity index is 5.04. The normalized spacial score (nSPS) is 14.5. The van der Waals surface area contributed by atoms with Crippen LogP contribution in [0.4, 0.5) is 4.39 Å². The van der Waals surface area contributed by atoms with E-state index in [9.17, 15) is 22.4 Å². The zero-order chi connectivity index (χ0) is 13.6. The van der Waals surface area contributed by atoms with Crippen LogP contribution in [0.3, 0.4) is 0 Å². The van der Waals surface area contributed by atoms with Crippen LogP contribution < -0.4 is 5.32 Å². The molecule has 0 unspecified atom stereocenters. The van der Waals surface area contributed by atoms with E-state index in [0.717, 1.165) is 19.3 Å². The minimum absolute atomic E-state index is 0.756.